The maximum atomic E-state index is 11.1. The summed E-state index contributed by atoms with van der Waals surface area (Å²) in [5.74, 6) is -0.723. The van der Waals surface area contributed by atoms with E-state index >= 15 is 0 Å². The van der Waals surface area contributed by atoms with E-state index in [1.807, 2.05) is 4.98 Å². The molecule has 0 aliphatic heterocycles. The van der Waals surface area contributed by atoms with Gasteiger partial charge in [-0.3, -0.25) is 9.78 Å². The van der Waals surface area contributed by atoms with Gasteiger partial charge in [-0.15, -0.1) is 0 Å². The van der Waals surface area contributed by atoms with Crippen molar-refractivity contribution in [1.82, 2.24) is 4.98 Å². The van der Waals surface area contributed by atoms with Crippen molar-refractivity contribution in [3.8, 4) is 0 Å². The molecule has 0 saturated heterocycles. The van der Waals surface area contributed by atoms with Gasteiger partial charge in [-0.25, -0.2) is 4.79 Å². The van der Waals surface area contributed by atoms with Crippen molar-refractivity contribution in [2.45, 2.75) is 0 Å². The second-order valence-electron chi connectivity index (χ2n) is 2.34. The normalized spacial score (nSPS) is 9.54. The van der Waals surface area contributed by atoms with Crippen LogP contribution in [0, 0.1) is 0 Å². The van der Waals surface area contributed by atoms with Crippen LogP contribution in [0.5, 0.6) is 0 Å². The van der Waals surface area contributed by atoms with Crippen LogP contribution in [0.25, 0.3) is 11.0 Å². The number of H-pyrrole nitrogens is 1. The van der Waals surface area contributed by atoms with Crippen LogP contribution in [-0.2, 0) is 0 Å². The Kier molecular flexibility index (Phi) is 3.08. The number of aromatic nitrogens is 1. The molecule has 0 aliphatic carbocycles. The average molecular weight is 187 g/mol. The number of fused-ring (bicyclic) bond motifs is 1. The fraction of sp³-hybridized carbons (Fsp3) is 0. The van der Waals surface area contributed by atoms with Crippen LogP contribution in [0.4, 0.5) is 0 Å². The number of rotatable bonds is 0. The van der Waals surface area contributed by atoms with Crippen LogP contribution in [0.1, 0.15) is 0 Å². The zero-order valence-electron chi connectivity index (χ0n) is 6.03. The van der Waals surface area contributed by atoms with E-state index in [0.717, 1.165) is 0 Å². The fourth-order valence-electron chi connectivity index (χ4n) is 1.03. The van der Waals surface area contributed by atoms with E-state index in [4.69, 9.17) is 4.42 Å². The molecule has 0 spiro atoms. The summed E-state index contributed by atoms with van der Waals surface area (Å²) in [7, 11) is 0. The molecule has 5 heteroatoms. The van der Waals surface area contributed by atoms with E-state index in [1.54, 1.807) is 24.3 Å². The molecule has 2 rings (SSSR count). The van der Waals surface area contributed by atoms with Gasteiger partial charge in [0.15, 0.2) is 0 Å². The summed E-state index contributed by atoms with van der Waals surface area (Å²) in [6.45, 7) is 0. The molecular weight excluding hydrogens is 181 g/mol. The van der Waals surface area contributed by atoms with Crippen LogP contribution >= 0.6 is 0 Å². The molecule has 0 unspecified atom stereocenters. The summed E-state index contributed by atoms with van der Waals surface area (Å²) in [5.41, 5.74) is -0.104. The molecule has 0 radical (unpaired) electrons. The molecule has 0 bridgehead atoms. The van der Waals surface area contributed by atoms with Gasteiger partial charge >= 0.3 is 35.3 Å². The molecule has 1 aromatic carbocycles. The van der Waals surface area contributed by atoms with Crippen LogP contribution in [0.15, 0.2) is 38.3 Å². The minimum absolute atomic E-state index is 0. The van der Waals surface area contributed by atoms with Crippen molar-refractivity contribution in [2.24, 2.45) is 0 Å². The molecule has 0 saturated carbocycles. The van der Waals surface area contributed by atoms with Crippen molar-refractivity contribution >= 4 is 40.5 Å². The first-order valence-electron chi connectivity index (χ1n) is 3.39. The Morgan fingerprint density at radius 3 is 2.62 bits per heavy atom. The third-order valence-electron chi connectivity index (χ3n) is 1.55. The zero-order valence-corrected chi connectivity index (χ0v) is 6.03. The van der Waals surface area contributed by atoms with E-state index in [2.05, 4.69) is 0 Å². The van der Waals surface area contributed by atoms with Gasteiger partial charge in [0.2, 0.25) is 0 Å². The Morgan fingerprint density at radius 2 is 1.85 bits per heavy atom. The van der Waals surface area contributed by atoms with E-state index in [-0.39, 0.29) is 29.6 Å². The van der Waals surface area contributed by atoms with Crippen LogP contribution in [0.2, 0.25) is 0 Å². The standard InChI is InChI=1S/C8H5NO3.Na.H/c10-7-5-3-1-2-4-6(5)12-8(11)9-7;;/h1-4H,(H,9,10,11);;. The van der Waals surface area contributed by atoms with Gasteiger partial charge in [0.1, 0.15) is 5.58 Å². The maximum absolute atomic E-state index is 11.1. The summed E-state index contributed by atoms with van der Waals surface area (Å²) in [6.07, 6.45) is 0. The number of hydrogen-bond acceptors (Lipinski definition) is 3. The van der Waals surface area contributed by atoms with Gasteiger partial charge in [0, 0.05) is 0 Å². The molecule has 13 heavy (non-hydrogen) atoms. The summed E-state index contributed by atoms with van der Waals surface area (Å²) in [4.78, 5) is 23.8. The molecule has 0 atom stereocenters. The second-order valence-corrected chi connectivity index (χ2v) is 2.34. The molecule has 62 valence electrons. The van der Waals surface area contributed by atoms with E-state index in [0.29, 0.717) is 11.0 Å². The van der Waals surface area contributed by atoms with E-state index in [9.17, 15) is 9.59 Å². The third-order valence-corrected chi connectivity index (χ3v) is 1.55. The van der Waals surface area contributed by atoms with Crippen LogP contribution in [0.3, 0.4) is 0 Å². The van der Waals surface area contributed by atoms with Gasteiger partial charge < -0.3 is 4.42 Å². The molecular formula is C8H6NNaO3. The number of benzene rings is 1. The molecule has 4 nitrogen and oxygen atoms in total. The number of para-hydroxylation sites is 1. The predicted molar refractivity (Wildman–Crippen MR) is 50.3 cm³/mol. The Labute approximate surface area is 94.9 Å². The monoisotopic (exact) mass is 187 g/mol. The first-order valence-corrected chi connectivity index (χ1v) is 3.39. The molecule has 0 fully saturated rings. The number of hydrogen-bond donors (Lipinski definition) is 1. The van der Waals surface area contributed by atoms with Gasteiger partial charge in [0.25, 0.3) is 5.56 Å². The predicted octanol–water partition coefficient (Wildman–Crippen LogP) is -0.167. The summed E-state index contributed by atoms with van der Waals surface area (Å²) in [6, 6.07) is 6.57. The van der Waals surface area contributed by atoms with E-state index < -0.39 is 11.3 Å². The molecule has 0 amide bonds. The van der Waals surface area contributed by atoms with Crippen molar-refractivity contribution in [2.75, 3.05) is 0 Å². The minimum atomic E-state index is -0.723. The number of aromatic amines is 1. The SMILES string of the molecule is O=c1[nH]c(=O)c2ccccc2o1.[NaH]. The van der Waals surface area contributed by atoms with E-state index in [1.165, 1.54) is 0 Å². The quantitative estimate of drug-likeness (QED) is 0.582. The van der Waals surface area contributed by atoms with Crippen molar-refractivity contribution in [3.63, 3.8) is 0 Å². The first kappa shape index (κ1) is 10.2. The van der Waals surface area contributed by atoms with Crippen molar-refractivity contribution < 1.29 is 4.42 Å². The second kappa shape index (κ2) is 3.91. The third kappa shape index (κ3) is 1.91. The van der Waals surface area contributed by atoms with Gasteiger partial charge in [-0.05, 0) is 12.1 Å². The summed E-state index contributed by atoms with van der Waals surface area (Å²) < 4.78 is 4.73. The Hall–Kier alpha value is -0.840. The molecule has 2 aromatic rings. The Morgan fingerprint density at radius 1 is 1.15 bits per heavy atom. The molecule has 1 N–H and O–H groups in total. The van der Waals surface area contributed by atoms with Gasteiger partial charge in [-0.2, -0.15) is 0 Å². The van der Waals surface area contributed by atoms with Gasteiger partial charge in [0.05, 0.1) is 5.39 Å². The first-order chi connectivity index (χ1) is 5.77. The summed E-state index contributed by atoms with van der Waals surface area (Å²) >= 11 is 0. The topological polar surface area (TPSA) is 63.1 Å². The average Bonchev–Trinajstić information content (AvgIpc) is 2.04. The van der Waals surface area contributed by atoms with Gasteiger partial charge in [-0.1, -0.05) is 12.1 Å². The van der Waals surface area contributed by atoms with Crippen molar-refractivity contribution in [3.05, 3.63) is 45.2 Å². The summed E-state index contributed by atoms with van der Waals surface area (Å²) in [5, 5.41) is 0.386. The molecule has 1 aromatic heterocycles. The Bertz CT molecular complexity index is 528. The molecule has 1 heterocycles. The van der Waals surface area contributed by atoms with Crippen LogP contribution in [-0.4, -0.2) is 34.5 Å². The molecule has 0 aliphatic rings. The van der Waals surface area contributed by atoms with Crippen LogP contribution < -0.4 is 11.3 Å². The Balaban J connectivity index is 0.000000845. The zero-order chi connectivity index (χ0) is 8.55. The number of nitrogens with one attached hydrogen (secondary N) is 1. The van der Waals surface area contributed by atoms with Crippen molar-refractivity contribution in [1.29, 1.82) is 0 Å². The fourth-order valence-corrected chi connectivity index (χ4v) is 1.03.